The van der Waals surface area contributed by atoms with E-state index in [1.54, 1.807) is 42.5 Å². The fraction of sp³-hybridized carbons (Fsp3) is 0.154. The summed E-state index contributed by atoms with van der Waals surface area (Å²) in [5.74, 6) is 0.580. The summed E-state index contributed by atoms with van der Waals surface area (Å²) < 4.78 is 17.7. The predicted molar refractivity (Wildman–Crippen MR) is 127 cm³/mol. The van der Waals surface area contributed by atoms with Gasteiger partial charge in [-0.3, -0.25) is 0 Å². The van der Waals surface area contributed by atoms with Crippen LogP contribution in [0.25, 0.3) is 0 Å². The maximum absolute atomic E-state index is 12.6. The Kier molecular flexibility index (Phi) is 6.66. The Morgan fingerprint density at radius 2 is 1.88 bits per heavy atom. The molecule has 166 valence electrons. The van der Waals surface area contributed by atoms with E-state index < -0.39 is 11.9 Å². The highest BCUT2D eigenvalue weighted by Gasteiger charge is 2.31. The summed E-state index contributed by atoms with van der Waals surface area (Å²) >= 11 is 3.48. The third-order valence-corrected chi connectivity index (χ3v) is 5.64. The van der Waals surface area contributed by atoms with Crippen molar-refractivity contribution in [3.05, 3.63) is 99.3 Å². The minimum atomic E-state index is -0.502. The van der Waals surface area contributed by atoms with Gasteiger partial charge in [0.15, 0.2) is 0 Å². The summed E-state index contributed by atoms with van der Waals surface area (Å²) in [4.78, 5) is 12.6. The number of carbonyl (C=O) groups excluding carboxylic acids is 1. The van der Waals surface area contributed by atoms with Crippen molar-refractivity contribution in [1.82, 2.24) is 0 Å². The van der Waals surface area contributed by atoms with Crippen molar-refractivity contribution in [3.8, 4) is 23.3 Å². The SMILES string of the molecule is CCCOc1ccc(C(=O)Oc2ccc3c(c2)OC(N)=C(C#N)C3c2cccc(Br)c2)cc1. The number of nitrogens with zero attached hydrogens (tertiary/aromatic N) is 1. The Morgan fingerprint density at radius 3 is 2.58 bits per heavy atom. The number of nitrogens with two attached hydrogens (primary N) is 1. The summed E-state index contributed by atoms with van der Waals surface area (Å²) in [6.07, 6.45) is 0.905. The first-order valence-electron chi connectivity index (χ1n) is 10.4. The molecule has 2 N–H and O–H groups in total. The zero-order chi connectivity index (χ0) is 23.4. The first-order valence-corrected chi connectivity index (χ1v) is 11.2. The molecule has 1 heterocycles. The van der Waals surface area contributed by atoms with Gasteiger partial charge in [0, 0.05) is 16.1 Å². The lowest BCUT2D eigenvalue weighted by Gasteiger charge is -2.26. The Morgan fingerprint density at radius 1 is 1.12 bits per heavy atom. The number of fused-ring (bicyclic) bond motifs is 1. The third kappa shape index (κ3) is 4.86. The largest absolute Gasteiger partial charge is 0.494 e. The molecule has 0 fully saturated rings. The molecule has 0 radical (unpaired) electrons. The number of nitriles is 1. The van der Waals surface area contributed by atoms with Crippen LogP contribution >= 0.6 is 15.9 Å². The lowest BCUT2D eigenvalue weighted by Crippen LogP contribution is -2.21. The van der Waals surface area contributed by atoms with E-state index >= 15 is 0 Å². The molecule has 0 spiro atoms. The highest BCUT2D eigenvalue weighted by Crippen LogP contribution is 2.43. The van der Waals surface area contributed by atoms with Crippen LogP contribution in [0.2, 0.25) is 0 Å². The van der Waals surface area contributed by atoms with Crippen LogP contribution in [0.1, 0.15) is 40.7 Å². The van der Waals surface area contributed by atoms with Crippen molar-refractivity contribution in [2.24, 2.45) is 5.73 Å². The van der Waals surface area contributed by atoms with Gasteiger partial charge in [-0.15, -0.1) is 0 Å². The quantitative estimate of drug-likeness (QED) is 0.343. The van der Waals surface area contributed by atoms with Crippen LogP contribution in [0.5, 0.6) is 17.2 Å². The number of hydrogen-bond acceptors (Lipinski definition) is 6. The van der Waals surface area contributed by atoms with Crippen molar-refractivity contribution in [2.75, 3.05) is 6.61 Å². The van der Waals surface area contributed by atoms with Crippen molar-refractivity contribution in [3.63, 3.8) is 0 Å². The second-order valence-corrected chi connectivity index (χ2v) is 8.36. The molecule has 3 aromatic carbocycles. The van der Waals surface area contributed by atoms with E-state index in [2.05, 4.69) is 22.0 Å². The van der Waals surface area contributed by atoms with Crippen LogP contribution in [0.15, 0.2) is 82.7 Å². The maximum Gasteiger partial charge on any atom is 0.343 e. The summed E-state index contributed by atoms with van der Waals surface area (Å²) in [7, 11) is 0. The van der Waals surface area contributed by atoms with Crippen LogP contribution in [0, 0.1) is 11.3 Å². The van der Waals surface area contributed by atoms with Gasteiger partial charge in [-0.05, 0) is 54.4 Å². The van der Waals surface area contributed by atoms with E-state index in [9.17, 15) is 10.1 Å². The molecule has 1 unspecified atom stereocenters. The summed E-state index contributed by atoms with van der Waals surface area (Å²) in [6, 6.07) is 21.7. The van der Waals surface area contributed by atoms with Gasteiger partial charge in [0.2, 0.25) is 5.88 Å². The zero-order valence-corrected chi connectivity index (χ0v) is 19.5. The smallest absolute Gasteiger partial charge is 0.343 e. The van der Waals surface area contributed by atoms with Gasteiger partial charge in [-0.1, -0.05) is 41.1 Å². The standard InChI is InChI=1S/C26H21BrN2O4/c1-2-12-31-19-8-6-16(7-9-19)26(30)32-20-10-11-21-23(14-20)33-25(29)22(15-28)24(21)17-4-3-5-18(27)13-17/h3-11,13-14,24H,2,12,29H2,1H3. The molecule has 0 aliphatic carbocycles. The number of esters is 1. The van der Waals surface area contributed by atoms with Crippen LogP contribution < -0.4 is 19.9 Å². The number of allylic oxidation sites excluding steroid dienone is 1. The van der Waals surface area contributed by atoms with Gasteiger partial charge < -0.3 is 19.9 Å². The average molecular weight is 505 g/mol. The van der Waals surface area contributed by atoms with E-state index in [0.717, 1.165) is 22.0 Å². The summed E-state index contributed by atoms with van der Waals surface area (Å²) in [5.41, 5.74) is 8.45. The van der Waals surface area contributed by atoms with Gasteiger partial charge in [0.1, 0.15) is 28.9 Å². The zero-order valence-electron chi connectivity index (χ0n) is 17.9. The van der Waals surface area contributed by atoms with E-state index in [0.29, 0.717) is 35.0 Å². The number of halogens is 1. The normalized spacial score (nSPS) is 14.6. The van der Waals surface area contributed by atoms with Crippen molar-refractivity contribution < 1.29 is 19.0 Å². The van der Waals surface area contributed by atoms with Crippen LogP contribution in [-0.2, 0) is 0 Å². The third-order valence-electron chi connectivity index (χ3n) is 5.15. The summed E-state index contributed by atoms with van der Waals surface area (Å²) in [6.45, 7) is 2.64. The molecule has 1 aliphatic heterocycles. The lowest BCUT2D eigenvalue weighted by atomic mass is 9.83. The number of carbonyl (C=O) groups is 1. The second kappa shape index (κ2) is 9.80. The minimum absolute atomic E-state index is 0.0288. The highest BCUT2D eigenvalue weighted by molar-refractivity contribution is 9.10. The Balaban J connectivity index is 1.59. The van der Waals surface area contributed by atoms with Gasteiger partial charge in [-0.25, -0.2) is 4.79 Å². The van der Waals surface area contributed by atoms with Gasteiger partial charge in [0.05, 0.1) is 18.1 Å². The molecule has 0 amide bonds. The molecule has 0 aromatic heterocycles. The molecule has 33 heavy (non-hydrogen) atoms. The van der Waals surface area contributed by atoms with E-state index in [4.69, 9.17) is 19.9 Å². The van der Waals surface area contributed by atoms with Crippen LogP contribution in [0.4, 0.5) is 0 Å². The molecule has 3 aromatic rings. The van der Waals surface area contributed by atoms with E-state index in [1.165, 1.54) is 0 Å². The Labute approximate surface area is 200 Å². The topological polar surface area (TPSA) is 94.6 Å². The lowest BCUT2D eigenvalue weighted by molar-refractivity contribution is 0.0734. The van der Waals surface area contributed by atoms with Gasteiger partial charge in [0.25, 0.3) is 0 Å². The minimum Gasteiger partial charge on any atom is -0.494 e. The molecule has 1 atom stereocenters. The molecule has 1 aliphatic rings. The fourth-order valence-corrected chi connectivity index (χ4v) is 4.02. The maximum atomic E-state index is 12.6. The molecular weight excluding hydrogens is 484 g/mol. The van der Waals surface area contributed by atoms with Gasteiger partial charge in [-0.2, -0.15) is 5.26 Å². The average Bonchev–Trinajstić information content (AvgIpc) is 2.82. The van der Waals surface area contributed by atoms with Crippen LogP contribution in [0.3, 0.4) is 0 Å². The van der Waals surface area contributed by atoms with E-state index in [-0.39, 0.29) is 5.88 Å². The fourth-order valence-electron chi connectivity index (χ4n) is 3.60. The molecule has 0 saturated carbocycles. The number of benzene rings is 3. The number of ether oxygens (including phenoxy) is 3. The van der Waals surface area contributed by atoms with Crippen molar-refractivity contribution in [2.45, 2.75) is 19.3 Å². The first-order chi connectivity index (χ1) is 16.0. The summed E-state index contributed by atoms with van der Waals surface area (Å²) in [5, 5.41) is 9.70. The van der Waals surface area contributed by atoms with Crippen LogP contribution in [-0.4, -0.2) is 12.6 Å². The van der Waals surface area contributed by atoms with Crippen molar-refractivity contribution in [1.29, 1.82) is 5.26 Å². The molecular formula is C26H21BrN2O4. The second-order valence-electron chi connectivity index (χ2n) is 7.44. The Hall–Kier alpha value is -3.76. The highest BCUT2D eigenvalue weighted by atomic mass is 79.9. The molecule has 0 saturated heterocycles. The number of hydrogen-bond donors (Lipinski definition) is 1. The molecule has 4 rings (SSSR count). The van der Waals surface area contributed by atoms with Crippen molar-refractivity contribution >= 4 is 21.9 Å². The first kappa shape index (κ1) is 22.4. The van der Waals surface area contributed by atoms with Gasteiger partial charge >= 0.3 is 5.97 Å². The molecule has 6 nitrogen and oxygen atoms in total. The molecule has 0 bridgehead atoms. The Bertz CT molecular complexity index is 1260. The molecule has 7 heteroatoms. The van der Waals surface area contributed by atoms with E-state index in [1.807, 2.05) is 31.2 Å². The monoisotopic (exact) mass is 504 g/mol. The predicted octanol–water partition coefficient (Wildman–Crippen LogP) is 5.68. The number of rotatable bonds is 6.